The number of likely N-dealkylation sites (N-methyl/N-ethyl adjacent to an activating group) is 1. The van der Waals surface area contributed by atoms with E-state index in [0.717, 1.165) is 29.2 Å². The average molecular weight is 506 g/mol. The number of carbonyl (C=O) groups is 1. The number of carbonyl (C=O) groups excluding carboxylic acids is 1. The van der Waals surface area contributed by atoms with E-state index >= 15 is 0 Å². The molecule has 2 atom stereocenters. The number of fused-ring (bicyclic) bond motifs is 1. The molecule has 2 unspecified atom stereocenters. The molecule has 4 aromatic rings. The summed E-state index contributed by atoms with van der Waals surface area (Å²) in [5.74, 6) is -0.120. The molecule has 0 bridgehead atoms. The first-order valence-corrected chi connectivity index (χ1v) is 13.0. The predicted octanol–water partition coefficient (Wildman–Crippen LogP) is 6.76. The summed E-state index contributed by atoms with van der Waals surface area (Å²) in [4.78, 5) is 15.3. The van der Waals surface area contributed by atoms with Crippen molar-refractivity contribution in [2.45, 2.75) is 31.7 Å². The second-order valence-electron chi connectivity index (χ2n) is 10.2. The molecule has 1 aliphatic rings. The van der Waals surface area contributed by atoms with Crippen LogP contribution in [0.2, 0.25) is 0 Å². The van der Waals surface area contributed by atoms with E-state index in [9.17, 15) is 4.79 Å². The molecule has 1 heterocycles. The first-order valence-electron chi connectivity index (χ1n) is 13.0. The zero-order valence-corrected chi connectivity index (χ0v) is 22.4. The Kier molecular flexibility index (Phi) is 6.97. The van der Waals surface area contributed by atoms with Crippen molar-refractivity contribution in [2.75, 3.05) is 40.5 Å². The Morgan fingerprint density at radius 2 is 1.34 bits per heavy atom. The Bertz CT molecular complexity index is 1400. The second-order valence-corrected chi connectivity index (χ2v) is 10.2. The standard InChI is InChI=1S/C32H35N5O/c1-22-32(2,29-7-5-6-8-30(29)37(22)4)21-23-9-11-24(12-10-23)31(38)34-26-15-19-28(20-16-26)36-35-27-17-13-25(33-3)14-18-27/h5-20,22,33,35-36H,21H2,1-4H3,(H,34,38). The normalized spacial score (nSPS) is 18.0. The zero-order valence-electron chi connectivity index (χ0n) is 22.4. The van der Waals surface area contributed by atoms with E-state index in [2.05, 4.69) is 83.7 Å². The molecule has 0 saturated carbocycles. The van der Waals surface area contributed by atoms with Gasteiger partial charge in [0.25, 0.3) is 5.91 Å². The van der Waals surface area contributed by atoms with Gasteiger partial charge in [-0.2, -0.15) is 0 Å². The van der Waals surface area contributed by atoms with Gasteiger partial charge in [0.15, 0.2) is 0 Å². The summed E-state index contributed by atoms with van der Waals surface area (Å²) >= 11 is 0. The zero-order chi connectivity index (χ0) is 26.7. The molecule has 1 aliphatic heterocycles. The van der Waals surface area contributed by atoms with Crippen LogP contribution in [0.25, 0.3) is 0 Å². The maximum Gasteiger partial charge on any atom is 0.255 e. The number of para-hydroxylation sites is 1. The van der Waals surface area contributed by atoms with Gasteiger partial charge in [-0.3, -0.25) is 4.79 Å². The van der Waals surface area contributed by atoms with Gasteiger partial charge < -0.3 is 26.4 Å². The average Bonchev–Trinajstić information content (AvgIpc) is 3.14. The third-order valence-corrected chi connectivity index (χ3v) is 7.86. The Morgan fingerprint density at radius 1 is 0.789 bits per heavy atom. The number of nitrogens with one attached hydrogen (secondary N) is 4. The van der Waals surface area contributed by atoms with Gasteiger partial charge in [0.05, 0.1) is 11.4 Å². The molecule has 0 radical (unpaired) electrons. The van der Waals surface area contributed by atoms with Crippen molar-refractivity contribution in [2.24, 2.45) is 0 Å². The van der Waals surface area contributed by atoms with Crippen molar-refractivity contribution >= 4 is 34.3 Å². The summed E-state index contributed by atoms with van der Waals surface area (Å²) in [6.07, 6.45) is 0.916. The van der Waals surface area contributed by atoms with E-state index in [0.29, 0.717) is 11.6 Å². The maximum absolute atomic E-state index is 12.9. The van der Waals surface area contributed by atoms with E-state index in [-0.39, 0.29) is 11.3 Å². The minimum absolute atomic E-state index is 0.00985. The highest BCUT2D eigenvalue weighted by Crippen LogP contribution is 2.46. The molecule has 4 aromatic carbocycles. The molecule has 5 rings (SSSR count). The van der Waals surface area contributed by atoms with Crippen molar-refractivity contribution in [3.05, 3.63) is 114 Å². The highest BCUT2D eigenvalue weighted by molar-refractivity contribution is 6.04. The van der Waals surface area contributed by atoms with Gasteiger partial charge >= 0.3 is 0 Å². The van der Waals surface area contributed by atoms with Crippen LogP contribution in [-0.2, 0) is 11.8 Å². The Labute approximate surface area is 225 Å². The van der Waals surface area contributed by atoms with Gasteiger partial charge in [-0.1, -0.05) is 37.3 Å². The van der Waals surface area contributed by atoms with Crippen LogP contribution in [0, 0.1) is 0 Å². The topological polar surface area (TPSA) is 68.4 Å². The van der Waals surface area contributed by atoms with E-state index in [1.165, 1.54) is 16.8 Å². The van der Waals surface area contributed by atoms with Gasteiger partial charge in [-0.15, -0.1) is 0 Å². The van der Waals surface area contributed by atoms with Gasteiger partial charge in [0.1, 0.15) is 0 Å². The molecular weight excluding hydrogens is 470 g/mol. The quantitative estimate of drug-likeness (QED) is 0.199. The number of amides is 1. The molecule has 38 heavy (non-hydrogen) atoms. The molecule has 0 saturated heterocycles. The van der Waals surface area contributed by atoms with Crippen molar-refractivity contribution in [3.63, 3.8) is 0 Å². The maximum atomic E-state index is 12.9. The summed E-state index contributed by atoms with van der Waals surface area (Å²) in [7, 11) is 4.07. The molecule has 0 aliphatic carbocycles. The van der Waals surface area contributed by atoms with Crippen molar-refractivity contribution < 1.29 is 4.79 Å². The minimum atomic E-state index is -0.120. The summed E-state index contributed by atoms with van der Waals surface area (Å²) in [6, 6.07) is 32.7. The van der Waals surface area contributed by atoms with Gasteiger partial charge in [-0.25, -0.2) is 0 Å². The Balaban J connectivity index is 1.18. The number of anilines is 5. The van der Waals surface area contributed by atoms with Crippen LogP contribution in [0.5, 0.6) is 0 Å². The largest absolute Gasteiger partial charge is 0.388 e. The van der Waals surface area contributed by atoms with Crippen LogP contribution >= 0.6 is 0 Å². The molecule has 4 N–H and O–H groups in total. The van der Waals surface area contributed by atoms with Gasteiger partial charge in [0.2, 0.25) is 0 Å². The van der Waals surface area contributed by atoms with Crippen LogP contribution < -0.4 is 26.4 Å². The third kappa shape index (κ3) is 5.02. The lowest BCUT2D eigenvalue weighted by Crippen LogP contribution is -2.40. The fraction of sp³-hybridized carbons (Fsp3) is 0.219. The molecule has 6 heteroatoms. The van der Waals surface area contributed by atoms with Crippen LogP contribution in [0.4, 0.5) is 28.4 Å². The fourth-order valence-electron chi connectivity index (χ4n) is 5.27. The first kappa shape index (κ1) is 25.2. The molecule has 6 nitrogen and oxygen atoms in total. The second kappa shape index (κ2) is 10.5. The third-order valence-electron chi connectivity index (χ3n) is 7.86. The van der Waals surface area contributed by atoms with Crippen LogP contribution in [-0.4, -0.2) is 26.0 Å². The molecule has 0 aromatic heterocycles. The van der Waals surface area contributed by atoms with E-state index in [1.54, 1.807) is 0 Å². The number of rotatable bonds is 8. The number of nitrogens with zero attached hydrogens (tertiary/aromatic N) is 1. The van der Waals surface area contributed by atoms with E-state index < -0.39 is 0 Å². The lowest BCUT2D eigenvalue weighted by Gasteiger charge is -2.33. The Hall–Kier alpha value is -4.45. The summed E-state index contributed by atoms with van der Waals surface area (Å²) in [5, 5.41) is 6.10. The van der Waals surface area contributed by atoms with Gasteiger partial charge in [0, 0.05) is 48.2 Å². The minimum Gasteiger partial charge on any atom is -0.388 e. The summed E-state index contributed by atoms with van der Waals surface area (Å²) in [5.41, 5.74) is 14.6. The summed E-state index contributed by atoms with van der Waals surface area (Å²) < 4.78 is 0. The molecule has 0 spiro atoms. The number of hydrazine groups is 1. The highest BCUT2D eigenvalue weighted by atomic mass is 16.1. The van der Waals surface area contributed by atoms with Crippen LogP contribution in [0.15, 0.2) is 97.1 Å². The van der Waals surface area contributed by atoms with E-state index in [1.807, 2.05) is 67.7 Å². The molecule has 194 valence electrons. The molecule has 1 amide bonds. The predicted molar refractivity (Wildman–Crippen MR) is 159 cm³/mol. The van der Waals surface area contributed by atoms with Crippen molar-refractivity contribution in [3.8, 4) is 0 Å². The van der Waals surface area contributed by atoms with Crippen LogP contribution in [0.1, 0.15) is 35.3 Å². The fourth-order valence-corrected chi connectivity index (χ4v) is 5.27. The summed E-state index contributed by atoms with van der Waals surface area (Å²) in [6.45, 7) is 4.63. The monoisotopic (exact) mass is 505 g/mol. The number of hydrogen-bond acceptors (Lipinski definition) is 5. The molecular formula is C32H35N5O. The number of benzene rings is 4. The van der Waals surface area contributed by atoms with E-state index in [4.69, 9.17) is 0 Å². The SMILES string of the molecule is CNc1ccc(NNc2ccc(NC(=O)c3ccc(CC4(C)c5ccccc5N(C)C4C)cc3)cc2)cc1. The smallest absolute Gasteiger partial charge is 0.255 e. The highest BCUT2D eigenvalue weighted by Gasteiger charge is 2.43. The van der Waals surface area contributed by atoms with Crippen LogP contribution in [0.3, 0.4) is 0 Å². The van der Waals surface area contributed by atoms with Crippen molar-refractivity contribution in [1.82, 2.24) is 0 Å². The lowest BCUT2D eigenvalue weighted by atomic mass is 9.74. The molecule has 0 fully saturated rings. The van der Waals surface area contributed by atoms with Gasteiger partial charge in [-0.05, 0) is 91.2 Å². The number of hydrogen-bond donors (Lipinski definition) is 4. The first-order chi connectivity index (χ1) is 18.4. The lowest BCUT2D eigenvalue weighted by molar-refractivity contribution is 0.102. The van der Waals surface area contributed by atoms with Crippen molar-refractivity contribution in [1.29, 1.82) is 0 Å². The Morgan fingerprint density at radius 3 is 1.95 bits per heavy atom.